The summed E-state index contributed by atoms with van der Waals surface area (Å²) in [4.78, 5) is 23.0. The fourth-order valence-electron chi connectivity index (χ4n) is 2.96. The Morgan fingerprint density at radius 1 is 1.14 bits per heavy atom. The molecule has 2 amide bonds. The molecule has 5 nitrogen and oxygen atoms in total. The molecule has 0 spiro atoms. The van der Waals surface area contributed by atoms with Crippen molar-refractivity contribution in [2.75, 3.05) is 6.54 Å². The summed E-state index contributed by atoms with van der Waals surface area (Å²) in [6.45, 7) is 6.64. The monoisotopic (exact) mass is 298 g/mol. The zero-order chi connectivity index (χ0) is 15.8. The van der Waals surface area contributed by atoms with Crippen molar-refractivity contribution in [2.24, 2.45) is 17.8 Å². The molecular formula is C16H30N2O3. The first-order valence-electron chi connectivity index (χ1n) is 8.25. The number of aliphatic carboxylic acids is 1. The molecule has 1 fully saturated rings. The summed E-state index contributed by atoms with van der Waals surface area (Å²) in [5.41, 5.74) is 0. The summed E-state index contributed by atoms with van der Waals surface area (Å²) in [7, 11) is 0. The molecule has 0 aromatic heterocycles. The number of carboxylic acids is 1. The highest BCUT2D eigenvalue weighted by molar-refractivity contribution is 5.82. The normalized spacial score (nSPS) is 24.9. The first-order chi connectivity index (χ1) is 9.97. The molecule has 1 aliphatic carbocycles. The number of nitrogens with one attached hydrogen (secondary N) is 2. The van der Waals surface area contributed by atoms with Gasteiger partial charge in [0.1, 0.15) is 6.04 Å². The molecule has 0 aliphatic heterocycles. The van der Waals surface area contributed by atoms with Gasteiger partial charge in [0.15, 0.2) is 0 Å². The maximum Gasteiger partial charge on any atom is 0.326 e. The van der Waals surface area contributed by atoms with E-state index in [0.717, 1.165) is 25.2 Å². The molecule has 21 heavy (non-hydrogen) atoms. The van der Waals surface area contributed by atoms with Crippen LogP contribution in [-0.4, -0.2) is 29.7 Å². The van der Waals surface area contributed by atoms with Crippen molar-refractivity contribution in [1.29, 1.82) is 0 Å². The van der Waals surface area contributed by atoms with Gasteiger partial charge in [-0.25, -0.2) is 9.59 Å². The van der Waals surface area contributed by atoms with Gasteiger partial charge in [0.2, 0.25) is 0 Å². The zero-order valence-electron chi connectivity index (χ0n) is 13.5. The number of amides is 2. The highest BCUT2D eigenvalue weighted by Crippen LogP contribution is 2.30. The fraction of sp³-hybridized carbons (Fsp3) is 0.875. The van der Waals surface area contributed by atoms with Gasteiger partial charge in [-0.05, 0) is 30.6 Å². The second-order valence-electron chi connectivity index (χ2n) is 6.35. The smallest absolute Gasteiger partial charge is 0.326 e. The molecule has 1 rings (SSSR count). The molecule has 1 aliphatic rings. The van der Waals surface area contributed by atoms with E-state index in [0.29, 0.717) is 12.5 Å². The van der Waals surface area contributed by atoms with Gasteiger partial charge in [-0.2, -0.15) is 0 Å². The number of hydrogen-bond acceptors (Lipinski definition) is 2. The zero-order valence-corrected chi connectivity index (χ0v) is 13.5. The molecule has 5 heteroatoms. The predicted molar refractivity (Wildman–Crippen MR) is 83.2 cm³/mol. The molecule has 0 aromatic rings. The van der Waals surface area contributed by atoms with Gasteiger partial charge in [0.05, 0.1) is 0 Å². The SMILES string of the molecule is CCC1CCC(CNC(=O)N[C@H](C(=O)O)C(C)CC)CC1. The number of urea groups is 1. The van der Waals surface area contributed by atoms with E-state index in [-0.39, 0.29) is 11.9 Å². The van der Waals surface area contributed by atoms with Crippen LogP contribution in [0.15, 0.2) is 0 Å². The molecule has 0 radical (unpaired) electrons. The van der Waals surface area contributed by atoms with Crippen LogP contribution >= 0.6 is 0 Å². The van der Waals surface area contributed by atoms with Crippen molar-refractivity contribution in [3.63, 3.8) is 0 Å². The van der Waals surface area contributed by atoms with E-state index in [4.69, 9.17) is 5.11 Å². The Bertz CT molecular complexity index is 338. The molecule has 122 valence electrons. The van der Waals surface area contributed by atoms with Crippen LogP contribution in [0, 0.1) is 17.8 Å². The third-order valence-electron chi connectivity index (χ3n) is 4.86. The van der Waals surface area contributed by atoms with E-state index < -0.39 is 12.0 Å². The van der Waals surface area contributed by atoms with Gasteiger partial charge in [-0.3, -0.25) is 0 Å². The average molecular weight is 298 g/mol. The van der Waals surface area contributed by atoms with Crippen LogP contribution in [0.25, 0.3) is 0 Å². The van der Waals surface area contributed by atoms with Gasteiger partial charge in [0, 0.05) is 6.54 Å². The van der Waals surface area contributed by atoms with Gasteiger partial charge >= 0.3 is 12.0 Å². The lowest BCUT2D eigenvalue weighted by atomic mass is 9.81. The number of carboxylic acid groups (broad SMARTS) is 1. The second-order valence-corrected chi connectivity index (χ2v) is 6.35. The molecule has 1 unspecified atom stereocenters. The Morgan fingerprint density at radius 3 is 2.19 bits per heavy atom. The molecule has 0 aromatic carbocycles. The lowest BCUT2D eigenvalue weighted by Crippen LogP contribution is -2.50. The molecule has 0 bridgehead atoms. The summed E-state index contributed by atoms with van der Waals surface area (Å²) in [5, 5.41) is 14.6. The van der Waals surface area contributed by atoms with E-state index in [2.05, 4.69) is 17.6 Å². The first-order valence-corrected chi connectivity index (χ1v) is 8.25. The number of carbonyl (C=O) groups is 2. The van der Waals surface area contributed by atoms with E-state index in [1.807, 2.05) is 13.8 Å². The highest BCUT2D eigenvalue weighted by atomic mass is 16.4. The molecule has 1 saturated carbocycles. The van der Waals surface area contributed by atoms with Crippen molar-refractivity contribution in [3.05, 3.63) is 0 Å². The Balaban J connectivity index is 2.31. The van der Waals surface area contributed by atoms with E-state index in [1.54, 1.807) is 0 Å². The topological polar surface area (TPSA) is 78.4 Å². The van der Waals surface area contributed by atoms with Gasteiger partial charge in [0.25, 0.3) is 0 Å². The van der Waals surface area contributed by atoms with Crippen LogP contribution in [-0.2, 0) is 4.79 Å². The summed E-state index contributed by atoms with van der Waals surface area (Å²) in [5.74, 6) is 0.332. The largest absolute Gasteiger partial charge is 0.480 e. The number of hydrogen-bond donors (Lipinski definition) is 3. The average Bonchev–Trinajstić information content (AvgIpc) is 2.50. The minimum Gasteiger partial charge on any atom is -0.480 e. The molecule has 3 N–H and O–H groups in total. The van der Waals surface area contributed by atoms with Gasteiger partial charge < -0.3 is 15.7 Å². The first kappa shape index (κ1) is 17.8. The van der Waals surface area contributed by atoms with E-state index in [1.165, 1.54) is 19.3 Å². The van der Waals surface area contributed by atoms with Crippen LogP contribution in [0.4, 0.5) is 4.79 Å². The fourth-order valence-corrected chi connectivity index (χ4v) is 2.96. The lowest BCUT2D eigenvalue weighted by molar-refractivity contribution is -0.140. The van der Waals surface area contributed by atoms with Crippen LogP contribution in [0.5, 0.6) is 0 Å². The standard InChI is InChI=1S/C16H30N2O3/c1-4-11(3)14(15(19)20)18-16(21)17-10-13-8-6-12(5-2)7-9-13/h11-14H,4-10H2,1-3H3,(H,19,20)(H2,17,18,21)/t11?,12?,13?,14-/m0/s1. The van der Waals surface area contributed by atoms with Crippen LogP contribution in [0.2, 0.25) is 0 Å². The maximum absolute atomic E-state index is 11.9. The van der Waals surface area contributed by atoms with E-state index >= 15 is 0 Å². The van der Waals surface area contributed by atoms with E-state index in [9.17, 15) is 9.59 Å². The summed E-state index contributed by atoms with van der Waals surface area (Å²) in [6, 6.07) is -1.17. The van der Waals surface area contributed by atoms with Gasteiger partial charge in [-0.1, -0.05) is 46.5 Å². The molecule has 0 saturated heterocycles. The maximum atomic E-state index is 11.9. The van der Waals surface area contributed by atoms with Crippen molar-refractivity contribution in [1.82, 2.24) is 10.6 Å². The second kappa shape index (κ2) is 8.90. The summed E-state index contributed by atoms with van der Waals surface area (Å²) < 4.78 is 0. The Labute approximate surface area is 127 Å². The minimum atomic E-state index is -0.969. The summed E-state index contributed by atoms with van der Waals surface area (Å²) >= 11 is 0. The predicted octanol–water partition coefficient (Wildman–Crippen LogP) is 3.00. The lowest BCUT2D eigenvalue weighted by Gasteiger charge is -2.28. The third kappa shape index (κ3) is 5.94. The number of rotatable bonds is 7. The van der Waals surface area contributed by atoms with Crippen LogP contribution < -0.4 is 10.6 Å². The Kier molecular flexibility index (Phi) is 7.54. The summed E-state index contributed by atoms with van der Waals surface area (Å²) in [6.07, 6.45) is 6.78. The molecular weight excluding hydrogens is 268 g/mol. The minimum absolute atomic E-state index is 0.0757. The van der Waals surface area contributed by atoms with Crippen molar-refractivity contribution in [3.8, 4) is 0 Å². The molecule has 2 atom stereocenters. The van der Waals surface area contributed by atoms with Crippen molar-refractivity contribution < 1.29 is 14.7 Å². The van der Waals surface area contributed by atoms with Crippen molar-refractivity contribution in [2.45, 2.75) is 65.3 Å². The van der Waals surface area contributed by atoms with Crippen molar-refractivity contribution >= 4 is 12.0 Å². The quantitative estimate of drug-likeness (QED) is 0.676. The van der Waals surface area contributed by atoms with Crippen LogP contribution in [0.1, 0.15) is 59.3 Å². The highest BCUT2D eigenvalue weighted by Gasteiger charge is 2.26. The third-order valence-corrected chi connectivity index (χ3v) is 4.86. The Morgan fingerprint density at radius 2 is 1.71 bits per heavy atom. The Hall–Kier alpha value is -1.26. The number of carbonyl (C=O) groups excluding carboxylic acids is 1. The molecule has 0 heterocycles. The van der Waals surface area contributed by atoms with Crippen LogP contribution in [0.3, 0.4) is 0 Å². The van der Waals surface area contributed by atoms with Gasteiger partial charge in [-0.15, -0.1) is 0 Å².